The molecule has 1 saturated carbocycles. The molecule has 0 amide bonds. The molecule has 0 aromatic heterocycles. The van der Waals surface area contributed by atoms with Crippen LogP contribution in [0.2, 0.25) is 18.1 Å². The van der Waals surface area contributed by atoms with Crippen LogP contribution in [0.5, 0.6) is 0 Å². The molecule has 0 bridgehead atoms. The Hall–Kier alpha value is -1.08. The number of halogens is 2. The monoisotopic (exact) mass is 502 g/mol. The van der Waals surface area contributed by atoms with Crippen LogP contribution in [0, 0.1) is 17.8 Å². The summed E-state index contributed by atoms with van der Waals surface area (Å²) in [7, 11) is -2.34. The summed E-state index contributed by atoms with van der Waals surface area (Å²) in [5, 5.41) is 8.59. The van der Waals surface area contributed by atoms with Crippen LogP contribution in [-0.4, -0.2) is 37.2 Å². The van der Waals surface area contributed by atoms with Crippen LogP contribution in [0.4, 0.5) is 8.78 Å². The van der Waals surface area contributed by atoms with Gasteiger partial charge in [-0.05, 0) is 62.1 Å². The van der Waals surface area contributed by atoms with Crippen LogP contribution in [0.25, 0.3) is 0 Å². The van der Waals surface area contributed by atoms with Gasteiger partial charge in [-0.2, -0.15) is 0 Å². The van der Waals surface area contributed by atoms with Crippen molar-refractivity contribution in [3.8, 4) is 0 Å². The quantitative estimate of drug-likeness (QED) is 0.140. The highest BCUT2D eigenvalue weighted by Gasteiger charge is 2.47. The van der Waals surface area contributed by atoms with E-state index in [1.165, 1.54) is 0 Å². The molecule has 198 valence electrons. The Morgan fingerprint density at radius 2 is 1.88 bits per heavy atom. The minimum absolute atomic E-state index is 0.0679. The molecule has 1 aliphatic carbocycles. The van der Waals surface area contributed by atoms with Gasteiger partial charge in [-0.25, -0.2) is 8.78 Å². The van der Waals surface area contributed by atoms with Crippen LogP contribution >= 0.6 is 0 Å². The molecule has 0 saturated heterocycles. The Bertz CT molecular complexity index is 685. The zero-order chi connectivity index (χ0) is 26.2. The molecule has 1 aliphatic rings. The lowest BCUT2D eigenvalue weighted by atomic mass is 9.83. The molecule has 4 atom stereocenters. The largest absolute Gasteiger partial charge is 0.481 e. The summed E-state index contributed by atoms with van der Waals surface area (Å²) in [6.45, 7) is 14.1. The van der Waals surface area contributed by atoms with E-state index in [4.69, 9.17) is 9.53 Å². The number of carbonyl (C=O) groups is 2. The highest BCUT2D eigenvalue weighted by molar-refractivity contribution is 6.74. The molecule has 0 radical (unpaired) electrons. The van der Waals surface area contributed by atoms with Gasteiger partial charge in [0.05, 0.1) is 0 Å². The summed E-state index contributed by atoms with van der Waals surface area (Å²) in [6, 6.07) is 0. The lowest BCUT2D eigenvalue weighted by Crippen LogP contribution is -2.49. The second kappa shape index (κ2) is 13.3. The van der Waals surface area contributed by atoms with E-state index in [1.807, 2.05) is 25.2 Å². The maximum absolute atomic E-state index is 15.0. The number of aliphatic carboxylic acids is 1. The molecule has 1 N–H and O–H groups in total. The normalized spacial score (nSPS) is 23.1. The first-order valence-corrected chi connectivity index (χ1v) is 16.0. The molecule has 7 heteroatoms. The Morgan fingerprint density at radius 3 is 2.44 bits per heavy atom. The van der Waals surface area contributed by atoms with E-state index >= 15 is 8.78 Å². The molecule has 0 unspecified atom stereocenters. The summed E-state index contributed by atoms with van der Waals surface area (Å²) in [5.74, 6) is -2.99. The molecule has 34 heavy (non-hydrogen) atoms. The van der Waals surface area contributed by atoms with Gasteiger partial charge < -0.3 is 9.53 Å². The second-order valence-electron chi connectivity index (χ2n) is 11.7. The van der Waals surface area contributed by atoms with E-state index in [2.05, 4.69) is 27.7 Å². The van der Waals surface area contributed by atoms with Gasteiger partial charge in [0.2, 0.25) is 0 Å². The molecule has 0 aliphatic heterocycles. The van der Waals surface area contributed by atoms with Crippen LogP contribution in [0.1, 0.15) is 98.8 Å². The van der Waals surface area contributed by atoms with Gasteiger partial charge in [0.1, 0.15) is 11.9 Å². The Morgan fingerprint density at radius 1 is 1.24 bits per heavy atom. The van der Waals surface area contributed by atoms with Crippen molar-refractivity contribution in [2.75, 3.05) is 0 Å². The van der Waals surface area contributed by atoms with E-state index in [0.717, 1.165) is 6.42 Å². The fourth-order valence-electron chi connectivity index (χ4n) is 4.70. The van der Waals surface area contributed by atoms with Gasteiger partial charge in [0, 0.05) is 25.2 Å². The molecule has 4 nitrogen and oxygen atoms in total. The summed E-state index contributed by atoms with van der Waals surface area (Å²) < 4.78 is 36.3. The number of alkyl halides is 2. The molecular weight excluding hydrogens is 454 g/mol. The predicted molar refractivity (Wildman–Crippen MR) is 137 cm³/mol. The van der Waals surface area contributed by atoms with Gasteiger partial charge in [0.15, 0.2) is 8.32 Å². The molecule has 1 fully saturated rings. The fraction of sp³-hybridized carbons (Fsp3) is 0.852. The van der Waals surface area contributed by atoms with Crippen molar-refractivity contribution in [1.29, 1.82) is 0 Å². The summed E-state index contributed by atoms with van der Waals surface area (Å²) in [4.78, 5) is 23.2. The molecule has 0 aromatic carbocycles. The van der Waals surface area contributed by atoms with Crippen molar-refractivity contribution in [2.24, 2.45) is 17.8 Å². The van der Waals surface area contributed by atoms with E-state index in [9.17, 15) is 9.59 Å². The third-order valence-electron chi connectivity index (χ3n) is 7.80. The smallest absolute Gasteiger partial charge is 0.303 e. The van der Waals surface area contributed by atoms with Crippen LogP contribution in [0.15, 0.2) is 12.2 Å². The van der Waals surface area contributed by atoms with Crippen molar-refractivity contribution in [1.82, 2.24) is 0 Å². The third kappa shape index (κ3) is 9.52. The average molecular weight is 503 g/mol. The zero-order valence-electron chi connectivity index (χ0n) is 22.5. The van der Waals surface area contributed by atoms with Gasteiger partial charge >= 0.3 is 5.97 Å². The summed E-state index contributed by atoms with van der Waals surface area (Å²) >= 11 is 0. The first-order valence-electron chi connectivity index (χ1n) is 13.1. The lowest BCUT2D eigenvalue weighted by Gasteiger charge is -2.41. The highest BCUT2D eigenvalue weighted by atomic mass is 28.4. The second-order valence-corrected chi connectivity index (χ2v) is 16.5. The molecular formula is C27H48F2O4Si. The number of unbranched alkanes of at least 4 members (excludes halogenated alkanes) is 1. The molecule has 0 heterocycles. The van der Waals surface area contributed by atoms with Gasteiger partial charge in [-0.1, -0.05) is 59.6 Å². The number of carboxylic acid groups (broad SMARTS) is 1. The summed E-state index contributed by atoms with van der Waals surface area (Å²) in [5.41, 5.74) is 0. The van der Waals surface area contributed by atoms with Gasteiger partial charge in [-0.15, -0.1) is 0 Å². The Balaban J connectivity index is 2.77. The maximum Gasteiger partial charge on any atom is 0.303 e. The van der Waals surface area contributed by atoms with E-state index in [1.54, 1.807) is 6.92 Å². The van der Waals surface area contributed by atoms with E-state index < -0.39 is 26.3 Å². The number of allylic oxidation sites excluding steroid dienone is 2. The van der Waals surface area contributed by atoms with Crippen molar-refractivity contribution in [3.05, 3.63) is 12.2 Å². The molecule has 0 spiro atoms. The zero-order valence-corrected chi connectivity index (χ0v) is 23.5. The lowest BCUT2D eigenvalue weighted by molar-refractivity contribution is -0.137. The van der Waals surface area contributed by atoms with Gasteiger partial charge in [0.25, 0.3) is 5.92 Å². The highest BCUT2D eigenvalue weighted by Crippen LogP contribution is 2.43. The van der Waals surface area contributed by atoms with Gasteiger partial charge in [-0.3, -0.25) is 9.59 Å². The van der Waals surface area contributed by atoms with E-state index in [0.29, 0.717) is 44.9 Å². The summed E-state index contributed by atoms with van der Waals surface area (Å²) in [6.07, 6.45) is 7.45. The number of carboxylic acids is 1. The number of ketones is 1. The Kier molecular flexibility index (Phi) is 12.1. The fourth-order valence-corrected chi connectivity index (χ4v) is 6.06. The van der Waals surface area contributed by atoms with Crippen molar-refractivity contribution < 1.29 is 27.9 Å². The topological polar surface area (TPSA) is 63.6 Å². The maximum atomic E-state index is 15.0. The number of Topliss-reactive ketones (excluding diaryl/α,β-unsaturated/α-hetero) is 1. The Labute approximate surface area is 207 Å². The SMILES string of the molecule is CCCC(F)(F)[C@H](CCC[C@@H]1[C@H](C)CC(=O)[C@@H]1C/C=C\CCCC(=O)O)O[Si](C)(C)C(C)(C)C. The number of carbonyl (C=O) groups excluding carboxylic acids is 1. The number of hydrogen-bond donors (Lipinski definition) is 1. The molecule has 1 rings (SSSR count). The molecule has 0 aromatic rings. The predicted octanol–water partition coefficient (Wildman–Crippen LogP) is 8.03. The minimum Gasteiger partial charge on any atom is -0.481 e. The van der Waals surface area contributed by atoms with E-state index in [-0.39, 0.29) is 41.4 Å². The first-order chi connectivity index (χ1) is 15.6. The minimum atomic E-state index is -2.85. The van der Waals surface area contributed by atoms with Crippen LogP contribution in [-0.2, 0) is 14.0 Å². The van der Waals surface area contributed by atoms with Crippen molar-refractivity contribution >= 4 is 20.1 Å². The van der Waals surface area contributed by atoms with Crippen molar-refractivity contribution in [2.45, 2.75) is 129 Å². The van der Waals surface area contributed by atoms with Crippen molar-refractivity contribution in [3.63, 3.8) is 0 Å². The third-order valence-corrected chi connectivity index (χ3v) is 12.3. The number of rotatable bonds is 15. The number of hydrogen-bond acceptors (Lipinski definition) is 3. The van der Waals surface area contributed by atoms with Crippen LogP contribution < -0.4 is 0 Å². The average Bonchev–Trinajstić information content (AvgIpc) is 2.95. The first kappa shape index (κ1) is 30.9. The van der Waals surface area contributed by atoms with Crippen LogP contribution in [0.3, 0.4) is 0 Å². The standard InChI is InChI=1S/C27H48F2O4Si/c1-8-18-27(28,29)24(33-34(6,7)26(3,4)5)16-13-15-21-20(2)19-23(30)22(21)14-11-9-10-12-17-25(31)32/h9,11,20-22,24H,8,10,12-19H2,1-7H3,(H,31,32)/b11-9-/t20-,21-,22-,24+/m1/s1.